The van der Waals surface area contributed by atoms with Gasteiger partial charge in [0.15, 0.2) is 0 Å². The first-order chi connectivity index (χ1) is 13.1. The standard InChI is InChI=1S/C21H27N5O/c1-16-7-9-26-19(15-16)23-20(17-5-3-4-6-18(17)27)21(26)22-8-10-25-13-11-24(2)12-14-25/h3-7,9,15,22,27H,8,10-14H2,1-2H3. The van der Waals surface area contributed by atoms with Crippen molar-refractivity contribution < 1.29 is 5.11 Å². The van der Waals surface area contributed by atoms with Crippen molar-refractivity contribution in [3.63, 3.8) is 0 Å². The van der Waals surface area contributed by atoms with E-state index in [9.17, 15) is 5.11 Å². The highest BCUT2D eigenvalue weighted by atomic mass is 16.3. The maximum absolute atomic E-state index is 10.3. The molecule has 2 N–H and O–H groups in total. The molecule has 0 radical (unpaired) electrons. The zero-order valence-corrected chi connectivity index (χ0v) is 16.0. The van der Waals surface area contributed by atoms with Gasteiger partial charge in [-0.2, -0.15) is 0 Å². The average molecular weight is 365 g/mol. The van der Waals surface area contributed by atoms with Crippen molar-refractivity contribution in [1.29, 1.82) is 0 Å². The lowest BCUT2D eigenvalue weighted by atomic mass is 10.1. The summed E-state index contributed by atoms with van der Waals surface area (Å²) in [6, 6.07) is 11.5. The summed E-state index contributed by atoms with van der Waals surface area (Å²) in [5.41, 5.74) is 3.59. The number of piperazine rings is 1. The zero-order chi connectivity index (χ0) is 18.8. The number of aromatic hydroxyl groups is 1. The molecule has 0 spiro atoms. The van der Waals surface area contributed by atoms with Crippen LogP contribution in [-0.4, -0.2) is 70.6 Å². The fourth-order valence-corrected chi connectivity index (χ4v) is 3.58. The number of para-hydroxylation sites is 1. The second kappa shape index (κ2) is 7.58. The molecule has 0 saturated carbocycles. The van der Waals surface area contributed by atoms with E-state index in [1.54, 1.807) is 6.07 Å². The number of phenolic OH excluding ortho intramolecular Hbond substituents is 1. The minimum Gasteiger partial charge on any atom is -0.507 e. The number of hydrogen-bond donors (Lipinski definition) is 2. The summed E-state index contributed by atoms with van der Waals surface area (Å²) in [7, 11) is 2.18. The second-order valence-corrected chi connectivity index (χ2v) is 7.33. The number of imidazole rings is 1. The molecular weight excluding hydrogens is 338 g/mol. The summed E-state index contributed by atoms with van der Waals surface area (Å²) in [5.74, 6) is 1.18. The second-order valence-electron chi connectivity index (χ2n) is 7.33. The van der Waals surface area contributed by atoms with Crippen molar-refractivity contribution in [3.05, 3.63) is 48.2 Å². The fraction of sp³-hybridized carbons (Fsp3) is 0.381. The number of rotatable bonds is 5. The summed E-state index contributed by atoms with van der Waals surface area (Å²) in [4.78, 5) is 9.65. The molecule has 1 aliphatic heterocycles. The topological polar surface area (TPSA) is 56.0 Å². The Morgan fingerprint density at radius 1 is 1.11 bits per heavy atom. The predicted molar refractivity (Wildman–Crippen MR) is 109 cm³/mol. The molecule has 27 heavy (non-hydrogen) atoms. The molecule has 0 atom stereocenters. The van der Waals surface area contributed by atoms with Crippen molar-refractivity contribution in [1.82, 2.24) is 19.2 Å². The molecule has 0 amide bonds. The first-order valence-corrected chi connectivity index (χ1v) is 9.53. The molecule has 2 aromatic heterocycles. The van der Waals surface area contributed by atoms with Crippen LogP contribution in [0.1, 0.15) is 5.56 Å². The highest BCUT2D eigenvalue weighted by molar-refractivity contribution is 5.80. The Balaban J connectivity index is 1.60. The number of nitrogens with one attached hydrogen (secondary N) is 1. The highest BCUT2D eigenvalue weighted by Crippen LogP contribution is 2.34. The van der Waals surface area contributed by atoms with E-state index in [1.165, 1.54) is 5.56 Å². The molecule has 1 fully saturated rings. The molecule has 142 valence electrons. The summed E-state index contributed by atoms with van der Waals surface area (Å²) >= 11 is 0. The molecule has 3 heterocycles. The van der Waals surface area contributed by atoms with Crippen molar-refractivity contribution in [2.75, 3.05) is 51.6 Å². The number of aromatic nitrogens is 2. The van der Waals surface area contributed by atoms with Gasteiger partial charge in [-0.1, -0.05) is 12.1 Å². The number of hydrogen-bond acceptors (Lipinski definition) is 5. The van der Waals surface area contributed by atoms with E-state index in [4.69, 9.17) is 4.98 Å². The molecule has 3 aromatic rings. The Kier molecular flexibility index (Phi) is 5.01. The molecule has 0 aliphatic carbocycles. The smallest absolute Gasteiger partial charge is 0.139 e. The molecule has 0 unspecified atom stereocenters. The lowest BCUT2D eigenvalue weighted by Crippen LogP contribution is -2.45. The van der Waals surface area contributed by atoms with Gasteiger partial charge in [0.2, 0.25) is 0 Å². The molecule has 1 saturated heterocycles. The molecule has 0 bridgehead atoms. The molecule has 6 heteroatoms. The van der Waals surface area contributed by atoms with Gasteiger partial charge in [0.05, 0.1) is 0 Å². The van der Waals surface area contributed by atoms with E-state index in [0.29, 0.717) is 0 Å². The van der Waals surface area contributed by atoms with E-state index in [1.807, 2.05) is 24.4 Å². The third-order valence-corrected chi connectivity index (χ3v) is 5.26. The van der Waals surface area contributed by atoms with Gasteiger partial charge in [0.1, 0.15) is 22.9 Å². The molecule has 4 rings (SSSR count). The van der Waals surface area contributed by atoms with E-state index in [2.05, 4.69) is 45.6 Å². The summed E-state index contributed by atoms with van der Waals surface area (Å²) in [6.07, 6.45) is 2.04. The van der Waals surface area contributed by atoms with Gasteiger partial charge in [-0.15, -0.1) is 0 Å². The van der Waals surface area contributed by atoms with E-state index in [-0.39, 0.29) is 5.75 Å². The van der Waals surface area contributed by atoms with E-state index < -0.39 is 0 Å². The van der Waals surface area contributed by atoms with Crippen LogP contribution in [0.4, 0.5) is 5.82 Å². The van der Waals surface area contributed by atoms with Gasteiger partial charge in [-0.05, 0) is 43.8 Å². The van der Waals surface area contributed by atoms with Crippen LogP contribution in [0.3, 0.4) is 0 Å². The van der Waals surface area contributed by atoms with E-state index >= 15 is 0 Å². The predicted octanol–water partition coefficient (Wildman–Crippen LogP) is 2.67. The fourth-order valence-electron chi connectivity index (χ4n) is 3.58. The molecular formula is C21H27N5O. The van der Waals surface area contributed by atoms with Crippen molar-refractivity contribution >= 4 is 11.5 Å². The number of pyridine rings is 1. The summed E-state index contributed by atoms with van der Waals surface area (Å²) < 4.78 is 2.07. The van der Waals surface area contributed by atoms with E-state index in [0.717, 1.165) is 62.0 Å². The van der Waals surface area contributed by atoms with Gasteiger partial charge >= 0.3 is 0 Å². The van der Waals surface area contributed by atoms with Gasteiger partial charge in [-0.3, -0.25) is 9.30 Å². The Bertz CT molecular complexity index is 927. The number of aryl methyl sites for hydroxylation is 1. The largest absolute Gasteiger partial charge is 0.507 e. The summed E-state index contributed by atoms with van der Waals surface area (Å²) in [5, 5.41) is 13.9. The third kappa shape index (κ3) is 3.77. The quantitative estimate of drug-likeness (QED) is 0.728. The Morgan fingerprint density at radius 3 is 2.67 bits per heavy atom. The van der Waals surface area contributed by atoms with Crippen molar-refractivity contribution in [2.24, 2.45) is 0 Å². The Labute approximate surface area is 160 Å². The van der Waals surface area contributed by atoms with Crippen LogP contribution in [0.15, 0.2) is 42.6 Å². The Hall–Kier alpha value is -2.57. The normalized spacial score (nSPS) is 16.1. The van der Waals surface area contributed by atoms with Gasteiger partial charge in [0.25, 0.3) is 0 Å². The van der Waals surface area contributed by atoms with Crippen LogP contribution < -0.4 is 5.32 Å². The van der Waals surface area contributed by atoms with Crippen LogP contribution >= 0.6 is 0 Å². The zero-order valence-electron chi connectivity index (χ0n) is 16.0. The van der Waals surface area contributed by atoms with Gasteiger partial charge < -0.3 is 15.3 Å². The first kappa shape index (κ1) is 17.8. The monoisotopic (exact) mass is 365 g/mol. The van der Waals surface area contributed by atoms with Crippen LogP contribution in [0.2, 0.25) is 0 Å². The minimum absolute atomic E-state index is 0.250. The summed E-state index contributed by atoms with van der Waals surface area (Å²) in [6.45, 7) is 8.36. The average Bonchev–Trinajstić information content (AvgIpc) is 3.01. The lowest BCUT2D eigenvalue weighted by molar-refractivity contribution is 0.158. The number of likely N-dealkylation sites (N-methyl/N-ethyl adjacent to an activating group) is 1. The van der Waals surface area contributed by atoms with Crippen molar-refractivity contribution in [3.8, 4) is 17.0 Å². The maximum Gasteiger partial charge on any atom is 0.139 e. The number of phenols is 1. The first-order valence-electron chi connectivity index (χ1n) is 9.53. The number of benzene rings is 1. The van der Waals surface area contributed by atoms with Crippen LogP contribution in [-0.2, 0) is 0 Å². The number of fused-ring (bicyclic) bond motifs is 1. The van der Waals surface area contributed by atoms with Crippen LogP contribution in [0.25, 0.3) is 16.9 Å². The Morgan fingerprint density at radius 2 is 1.89 bits per heavy atom. The van der Waals surface area contributed by atoms with Crippen molar-refractivity contribution in [2.45, 2.75) is 6.92 Å². The van der Waals surface area contributed by atoms with Crippen LogP contribution in [0, 0.1) is 6.92 Å². The number of anilines is 1. The van der Waals surface area contributed by atoms with Crippen LogP contribution in [0.5, 0.6) is 5.75 Å². The maximum atomic E-state index is 10.3. The highest BCUT2D eigenvalue weighted by Gasteiger charge is 2.18. The molecule has 1 aliphatic rings. The lowest BCUT2D eigenvalue weighted by Gasteiger charge is -2.32. The number of nitrogens with zero attached hydrogens (tertiary/aromatic N) is 4. The third-order valence-electron chi connectivity index (χ3n) is 5.26. The molecule has 1 aromatic carbocycles. The van der Waals surface area contributed by atoms with Gasteiger partial charge in [0, 0.05) is 51.0 Å². The SMILES string of the molecule is Cc1ccn2c(NCCN3CCN(C)CC3)c(-c3ccccc3O)nc2c1. The minimum atomic E-state index is 0.250. The molecule has 6 nitrogen and oxygen atoms in total. The van der Waals surface area contributed by atoms with Gasteiger partial charge in [-0.25, -0.2) is 4.98 Å².